The molecule has 0 bridgehead atoms. The third kappa shape index (κ3) is 2.44. The van der Waals surface area contributed by atoms with Crippen molar-refractivity contribution in [2.24, 2.45) is 0 Å². The van der Waals surface area contributed by atoms with Crippen LogP contribution in [0, 0.1) is 40.1 Å². The maximum atomic E-state index is 13.7. The van der Waals surface area contributed by atoms with Crippen LogP contribution in [0.1, 0.15) is 31.4 Å². The molecule has 0 aliphatic rings. The van der Waals surface area contributed by atoms with E-state index >= 15 is 0 Å². The Balaban J connectivity index is 3.53. The molecule has 94 valence electrons. The lowest BCUT2D eigenvalue weighted by atomic mass is 10.1. The summed E-state index contributed by atoms with van der Waals surface area (Å²) in [6, 6.07) is 2.71. The van der Waals surface area contributed by atoms with Crippen molar-refractivity contribution in [3.05, 3.63) is 28.6 Å². The van der Waals surface area contributed by atoms with Gasteiger partial charge in [0.1, 0.15) is 23.3 Å². The third-order valence-corrected chi connectivity index (χ3v) is 3.75. The summed E-state index contributed by atoms with van der Waals surface area (Å²) in [5.41, 5.74) is -1.67. The molecule has 0 aromatic heterocycles. The molecule has 0 heterocycles. The molecule has 0 saturated carbocycles. The zero-order valence-corrected chi connectivity index (χ0v) is 10.5. The van der Waals surface area contributed by atoms with Gasteiger partial charge in [0.25, 0.3) is 0 Å². The second-order valence-corrected chi connectivity index (χ2v) is 5.03. The highest BCUT2D eigenvalue weighted by atomic mass is 32.2. The van der Waals surface area contributed by atoms with Crippen LogP contribution in [0.4, 0.5) is 13.2 Å². The summed E-state index contributed by atoms with van der Waals surface area (Å²) in [5.74, 6) is -4.18. The summed E-state index contributed by atoms with van der Waals surface area (Å²) in [6.45, 7) is 3.58. The quantitative estimate of drug-likeness (QED) is 0.621. The molecule has 1 aromatic rings. The van der Waals surface area contributed by atoms with Gasteiger partial charge in [-0.25, -0.2) is 13.2 Å². The molecule has 18 heavy (non-hydrogen) atoms. The van der Waals surface area contributed by atoms with Gasteiger partial charge in [0.05, 0.1) is 4.90 Å². The highest BCUT2D eigenvalue weighted by Crippen LogP contribution is 2.35. The van der Waals surface area contributed by atoms with Crippen LogP contribution < -0.4 is 0 Å². The maximum absolute atomic E-state index is 13.7. The first-order valence-corrected chi connectivity index (χ1v) is 6.03. The number of halogens is 3. The summed E-state index contributed by atoms with van der Waals surface area (Å²) in [6.07, 6.45) is 0.651. The molecule has 0 N–H and O–H groups in total. The molecule has 1 atom stereocenters. The number of nitriles is 2. The Bertz CT molecular complexity index is 558. The molecule has 1 aromatic carbocycles. The molecule has 0 saturated heterocycles. The van der Waals surface area contributed by atoms with Crippen LogP contribution in [0.3, 0.4) is 0 Å². The van der Waals surface area contributed by atoms with E-state index in [1.165, 1.54) is 12.1 Å². The molecule has 0 radical (unpaired) electrons. The number of thioether (sulfide) groups is 1. The fourth-order valence-electron chi connectivity index (χ4n) is 1.23. The normalized spacial score (nSPS) is 11.7. The fourth-order valence-corrected chi connectivity index (χ4v) is 2.25. The number of nitrogens with zero attached hydrogens (tertiary/aromatic N) is 2. The molecule has 1 rings (SSSR count). The van der Waals surface area contributed by atoms with E-state index in [0.29, 0.717) is 6.42 Å². The second-order valence-electron chi connectivity index (χ2n) is 3.58. The molecule has 0 spiro atoms. The SMILES string of the molecule is CCC(C)Sc1c(F)c(F)c(C#N)c(F)c1C#N. The largest absolute Gasteiger partial charge is 0.204 e. The monoisotopic (exact) mass is 270 g/mol. The molecule has 1 unspecified atom stereocenters. The van der Waals surface area contributed by atoms with Crippen LogP contribution in [0.15, 0.2) is 4.90 Å². The number of hydrogen-bond acceptors (Lipinski definition) is 3. The van der Waals surface area contributed by atoms with E-state index in [0.717, 1.165) is 11.8 Å². The minimum absolute atomic E-state index is 0.0988. The van der Waals surface area contributed by atoms with E-state index in [2.05, 4.69) is 0 Å². The van der Waals surface area contributed by atoms with Crippen LogP contribution in [0.25, 0.3) is 0 Å². The van der Waals surface area contributed by atoms with Crippen molar-refractivity contribution in [2.45, 2.75) is 30.4 Å². The van der Waals surface area contributed by atoms with Crippen molar-refractivity contribution in [1.82, 2.24) is 0 Å². The lowest BCUT2D eigenvalue weighted by molar-refractivity contribution is 0.471. The average Bonchev–Trinajstić information content (AvgIpc) is 2.36. The first-order valence-electron chi connectivity index (χ1n) is 5.15. The van der Waals surface area contributed by atoms with Crippen molar-refractivity contribution in [3.8, 4) is 12.1 Å². The van der Waals surface area contributed by atoms with E-state index in [-0.39, 0.29) is 10.1 Å². The maximum Gasteiger partial charge on any atom is 0.180 e. The van der Waals surface area contributed by atoms with Gasteiger partial charge < -0.3 is 0 Å². The van der Waals surface area contributed by atoms with Crippen molar-refractivity contribution in [2.75, 3.05) is 0 Å². The Hall–Kier alpha value is -1.66. The molecular weight excluding hydrogens is 261 g/mol. The predicted molar refractivity (Wildman–Crippen MR) is 61.4 cm³/mol. The van der Waals surface area contributed by atoms with Gasteiger partial charge in [0, 0.05) is 5.25 Å². The van der Waals surface area contributed by atoms with Gasteiger partial charge in [-0.3, -0.25) is 0 Å². The Morgan fingerprint density at radius 2 is 1.61 bits per heavy atom. The number of rotatable bonds is 3. The lowest BCUT2D eigenvalue weighted by Gasteiger charge is -2.12. The topological polar surface area (TPSA) is 47.6 Å². The van der Waals surface area contributed by atoms with Gasteiger partial charge in [-0.05, 0) is 6.42 Å². The van der Waals surface area contributed by atoms with Gasteiger partial charge in [-0.15, -0.1) is 11.8 Å². The van der Waals surface area contributed by atoms with E-state index in [1.54, 1.807) is 6.92 Å². The molecule has 2 nitrogen and oxygen atoms in total. The Kier molecular flexibility index (Phi) is 4.63. The van der Waals surface area contributed by atoms with E-state index in [1.807, 2.05) is 6.92 Å². The summed E-state index contributed by atoms with van der Waals surface area (Å²) in [5, 5.41) is 17.3. The molecular formula is C12H9F3N2S. The summed E-state index contributed by atoms with van der Waals surface area (Å²) >= 11 is 0.882. The van der Waals surface area contributed by atoms with E-state index in [9.17, 15) is 13.2 Å². The molecule has 0 fully saturated rings. The summed E-state index contributed by atoms with van der Waals surface area (Å²) < 4.78 is 40.8. The van der Waals surface area contributed by atoms with Gasteiger partial charge in [0.15, 0.2) is 17.5 Å². The smallest absolute Gasteiger partial charge is 0.180 e. The van der Waals surface area contributed by atoms with Gasteiger partial charge >= 0.3 is 0 Å². The molecule has 6 heteroatoms. The van der Waals surface area contributed by atoms with Crippen molar-refractivity contribution < 1.29 is 13.2 Å². The van der Waals surface area contributed by atoms with Crippen LogP contribution in [-0.2, 0) is 0 Å². The van der Waals surface area contributed by atoms with Crippen LogP contribution >= 0.6 is 11.8 Å². The second kappa shape index (κ2) is 5.79. The Morgan fingerprint density at radius 3 is 2.06 bits per heavy atom. The van der Waals surface area contributed by atoms with Gasteiger partial charge in [-0.2, -0.15) is 10.5 Å². The zero-order chi connectivity index (χ0) is 13.9. The minimum atomic E-state index is -1.54. The van der Waals surface area contributed by atoms with Crippen LogP contribution in [0.2, 0.25) is 0 Å². The van der Waals surface area contributed by atoms with Crippen molar-refractivity contribution >= 4 is 11.8 Å². The molecule has 0 amide bonds. The van der Waals surface area contributed by atoms with Gasteiger partial charge in [-0.1, -0.05) is 13.8 Å². The van der Waals surface area contributed by atoms with E-state index in [4.69, 9.17) is 10.5 Å². The molecule has 0 aliphatic carbocycles. The van der Waals surface area contributed by atoms with Crippen molar-refractivity contribution in [3.63, 3.8) is 0 Å². The fraction of sp³-hybridized carbons (Fsp3) is 0.333. The lowest BCUT2D eigenvalue weighted by Crippen LogP contribution is -2.05. The average molecular weight is 270 g/mol. The van der Waals surface area contributed by atoms with Crippen LogP contribution in [-0.4, -0.2) is 5.25 Å². The highest BCUT2D eigenvalue weighted by Gasteiger charge is 2.26. The number of hydrogen-bond donors (Lipinski definition) is 0. The summed E-state index contributed by atoms with van der Waals surface area (Å²) in [4.78, 5) is -0.374. The highest BCUT2D eigenvalue weighted by molar-refractivity contribution is 8.00. The third-order valence-electron chi connectivity index (χ3n) is 2.40. The molecule has 0 aliphatic heterocycles. The van der Waals surface area contributed by atoms with Crippen LogP contribution in [0.5, 0.6) is 0 Å². The van der Waals surface area contributed by atoms with Crippen molar-refractivity contribution in [1.29, 1.82) is 10.5 Å². The first kappa shape index (κ1) is 14.4. The number of benzene rings is 1. The Labute approximate surface area is 107 Å². The zero-order valence-electron chi connectivity index (χ0n) is 9.72. The predicted octanol–water partition coefficient (Wildman–Crippen LogP) is 3.74. The standard InChI is InChI=1S/C12H9F3N2S/c1-3-6(2)18-12-8(5-17)9(13)7(4-16)10(14)11(12)15/h6H,3H2,1-2H3. The Morgan fingerprint density at radius 1 is 1.06 bits per heavy atom. The first-order chi connectivity index (χ1) is 8.47. The van der Waals surface area contributed by atoms with Gasteiger partial charge in [0.2, 0.25) is 0 Å². The summed E-state index contributed by atoms with van der Waals surface area (Å²) in [7, 11) is 0. The van der Waals surface area contributed by atoms with E-state index < -0.39 is 28.6 Å². The minimum Gasteiger partial charge on any atom is -0.204 e.